The number of rotatable bonds is 3. The highest BCUT2D eigenvalue weighted by atomic mass is 16.5. The summed E-state index contributed by atoms with van der Waals surface area (Å²) in [5.41, 5.74) is 2.93. The molecule has 1 rings (SSSR count). The molecular weight excluding hydrogens is 152 g/mol. The van der Waals surface area contributed by atoms with Crippen molar-refractivity contribution < 1.29 is 4.74 Å². The van der Waals surface area contributed by atoms with Crippen LogP contribution in [0, 0.1) is 6.92 Å². The zero-order valence-electron chi connectivity index (χ0n) is 7.79. The average molecular weight is 166 g/mol. The van der Waals surface area contributed by atoms with Crippen LogP contribution in [-0.4, -0.2) is 17.1 Å². The van der Waals surface area contributed by atoms with Crippen molar-refractivity contribution in [3.05, 3.63) is 23.3 Å². The quantitative estimate of drug-likeness (QED) is 0.682. The topological polar surface area (TPSA) is 35.0 Å². The van der Waals surface area contributed by atoms with E-state index in [9.17, 15) is 0 Å². The highest BCUT2D eigenvalue weighted by molar-refractivity contribution is 5.12. The normalized spacial score (nSPS) is 10.2. The molecule has 0 fully saturated rings. The molecule has 0 aliphatic carbocycles. The summed E-state index contributed by atoms with van der Waals surface area (Å²) >= 11 is 0. The molecule has 0 aliphatic heterocycles. The van der Waals surface area contributed by atoms with Gasteiger partial charge in [-0.05, 0) is 13.3 Å². The summed E-state index contributed by atoms with van der Waals surface area (Å²) in [6.45, 7) is 4.56. The van der Waals surface area contributed by atoms with E-state index in [1.54, 1.807) is 13.3 Å². The number of hydrogen-bond acceptors (Lipinski definition) is 3. The molecule has 3 nitrogen and oxygen atoms in total. The van der Waals surface area contributed by atoms with Crippen molar-refractivity contribution in [2.45, 2.75) is 26.9 Å². The van der Waals surface area contributed by atoms with Crippen LogP contribution < -0.4 is 0 Å². The van der Waals surface area contributed by atoms with Gasteiger partial charge in [0.15, 0.2) is 0 Å². The maximum absolute atomic E-state index is 5.02. The zero-order valence-corrected chi connectivity index (χ0v) is 7.79. The molecule has 1 aromatic rings. The fourth-order valence-corrected chi connectivity index (χ4v) is 1.10. The Kier molecular flexibility index (Phi) is 3.17. The summed E-state index contributed by atoms with van der Waals surface area (Å²) in [6, 6.07) is 0. The predicted molar refractivity (Wildman–Crippen MR) is 46.9 cm³/mol. The number of nitrogens with zero attached hydrogens (tertiary/aromatic N) is 2. The van der Waals surface area contributed by atoms with Crippen molar-refractivity contribution in [3.8, 4) is 0 Å². The Morgan fingerprint density at radius 1 is 1.42 bits per heavy atom. The van der Waals surface area contributed by atoms with Crippen LogP contribution in [0.25, 0.3) is 0 Å². The minimum absolute atomic E-state index is 0.553. The fourth-order valence-electron chi connectivity index (χ4n) is 1.10. The van der Waals surface area contributed by atoms with Crippen LogP contribution in [0.1, 0.15) is 24.0 Å². The van der Waals surface area contributed by atoms with Crippen molar-refractivity contribution >= 4 is 0 Å². The van der Waals surface area contributed by atoms with E-state index in [4.69, 9.17) is 4.74 Å². The van der Waals surface area contributed by atoms with Gasteiger partial charge in [0.05, 0.1) is 23.7 Å². The van der Waals surface area contributed by atoms with E-state index >= 15 is 0 Å². The Balaban J connectivity index is 2.95. The number of methoxy groups -OCH3 is 1. The predicted octanol–water partition coefficient (Wildman–Crippen LogP) is 1.49. The van der Waals surface area contributed by atoms with Gasteiger partial charge < -0.3 is 4.74 Å². The van der Waals surface area contributed by atoms with E-state index in [1.807, 2.05) is 6.92 Å². The number of hydrogen-bond donors (Lipinski definition) is 0. The smallest absolute Gasteiger partial charge is 0.0902 e. The van der Waals surface area contributed by atoms with Crippen molar-refractivity contribution in [1.82, 2.24) is 9.97 Å². The Bertz CT molecular complexity index is 261. The monoisotopic (exact) mass is 166 g/mol. The molecule has 0 spiro atoms. The van der Waals surface area contributed by atoms with Crippen LogP contribution >= 0.6 is 0 Å². The first kappa shape index (κ1) is 9.13. The van der Waals surface area contributed by atoms with E-state index in [0.29, 0.717) is 6.61 Å². The molecule has 0 radical (unpaired) electrons. The second-order valence-corrected chi connectivity index (χ2v) is 2.69. The lowest BCUT2D eigenvalue weighted by molar-refractivity contribution is 0.180. The molecule has 0 saturated heterocycles. The third-order valence-electron chi connectivity index (χ3n) is 1.67. The van der Waals surface area contributed by atoms with Crippen LogP contribution in [0.15, 0.2) is 6.20 Å². The minimum Gasteiger partial charge on any atom is -0.378 e. The van der Waals surface area contributed by atoms with Gasteiger partial charge in [0.2, 0.25) is 0 Å². The first-order valence-electron chi connectivity index (χ1n) is 4.08. The number of aromatic nitrogens is 2. The van der Waals surface area contributed by atoms with Crippen molar-refractivity contribution in [2.24, 2.45) is 0 Å². The third kappa shape index (κ3) is 2.01. The van der Waals surface area contributed by atoms with Crippen LogP contribution in [0.5, 0.6) is 0 Å². The maximum atomic E-state index is 5.02. The highest BCUT2D eigenvalue weighted by Gasteiger charge is 2.02. The zero-order chi connectivity index (χ0) is 8.97. The number of ether oxygens (including phenoxy) is 1. The molecule has 0 aliphatic rings. The lowest BCUT2D eigenvalue weighted by Crippen LogP contribution is -2.02. The van der Waals surface area contributed by atoms with Gasteiger partial charge in [0.1, 0.15) is 0 Å². The second kappa shape index (κ2) is 4.16. The lowest BCUT2D eigenvalue weighted by Gasteiger charge is -2.04. The third-order valence-corrected chi connectivity index (χ3v) is 1.67. The van der Waals surface area contributed by atoms with Gasteiger partial charge in [-0.15, -0.1) is 0 Å². The molecule has 0 N–H and O–H groups in total. The Morgan fingerprint density at radius 2 is 2.17 bits per heavy atom. The Hall–Kier alpha value is -0.960. The van der Waals surface area contributed by atoms with E-state index in [2.05, 4.69) is 16.9 Å². The summed E-state index contributed by atoms with van der Waals surface area (Å²) in [5.74, 6) is 0. The molecule has 0 bridgehead atoms. The Labute approximate surface area is 72.8 Å². The van der Waals surface area contributed by atoms with Gasteiger partial charge in [-0.1, -0.05) is 6.92 Å². The summed E-state index contributed by atoms with van der Waals surface area (Å²) < 4.78 is 5.02. The van der Waals surface area contributed by atoms with Gasteiger partial charge in [0.25, 0.3) is 0 Å². The van der Waals surface area contributed by atoms with E-state index in [-0.39, 0.29) is 0 Å². The molecule has 66 valence electrons. The molecule has 0 atom stereocenters. The second-order valence-electron chi connectivity index (χ2n) is 2.69. The van der Waals surface area contributed by atoms with E-state index in [0.717, 1.165) is 23.5 Å². The van der Waals surface area contributed by atoms with Gasteiger partial charge in [-0.2, -0.15) is 0 Å². The van der Waals surface area contributed by atoms with Gasteiger partial charge in [0, 0.05) is 13.3 Å². The standard InChI is InChI=1S/C9H14N2O/c1-4-8-9(6-12-3)11-7(2)5-10-8/h5H,4,6H2,1-3H3. The van der Waals surface area contributed by atoms with E-state index in [1.165, 1.54) is 0 Å². The Morgan fingerprint density at radius 3 is 2.75 bits per heavy atom. The number of aryl methyl sites for hydroxylation is 2. The first-order chi connectivity index (χ1) is 5.77. The van der Waals surface area contributed by atoms with Gasteiger partial charge in [-0.3, -0.25) is 9.97 Å². The fraction of sp³-hybridized carbons (Fsp3) is 0.556. The maximum Gasteiger partial charge on any atom is 0.0902 e. The summed E-state index contributed by atoms with van der Waals surface area (Å²) in [7, 11) is 1.67. The molecule has 12 heavy (non-hydrogen) atoms. The van der Waals surface area contributed by atoms with Gasteiger partial charge in [-0.25, -0.2) is 0 Å². The first-order valence-corrected chi connectivity index (χ1v) is 4.08. The molecule has 0 unspecified atom stereocenters. The van der Waals surface area contributed by atoms with E-state index < -0.39 is 0 Å². The molecule has 0 aromatic carbocycles. The molecule has 0 amide bonds. The van der Waals surface area contributed by atoms with Crippen LogP contribution in [-0.2, 0) is 17.8 Å². The summed E-state index contributed by atoms with van der Waals surface area (Å²) in [6.07, 6.45) is 2.70. The SMILES string of the molecule is CCc1ncc(C)nc1COC. The van der Waals surface area contributed by atoms with Gasteiger partial charge >= 0.3 is 0 Å². The van der Waals surface area contributed by atoms with Crippen LogP contribution in [0.3, 0.4) is 0 Å². The van der Waals surface area contributed by atoms with Crippen molar-refractivity contribution in [3.63, 3.8) is 0 Å². The highest BCUT2D eigenvalue weighted by Crippen LogP contribution is 2.05. The molecule has 1 heterocycles. The average Bonchev–Trinajstić information content (AvgIpc) is 2.05. The lowest BCUT2D eigenvalue weighted by atomic mass is 10.2. The van der Waals surface area contributed by atoms with Crippen LogP contribution in [0.2, 0.25) is 0 Å². The molecule has 3 heteroatoms. The summed E-state index contributed by atoms with van der Waals surface area (Å²) in [5, 5.41) is 0. The largest absolute Gasteiger partial charge is 0.378 e. The van der Waals surface area contributed by atoms with Crippen molar-refractivity contribution in [2.75, 3.05) is 7.11 Å². The minimum atomic E-state index is 0.553. The van der Waals surface area contributed by atoms with Crippen molar-refractivity contribution in [1.29, 1.82) is 0 Å². The summed E-state index contributed by atoms with van der Waals surface area (Å²) in [4.78, 5) is 8.62. The molecule has 1 aromatic heterocycles. The van der Waals surface area contributed by atoms with Crippen LogP contribution in [0.4, 0.5) is 0 Å². The molecular formula is C9H14N2O. The molecule has 0 saturated carbocycles.